The van der Waals surface area contributed by atoms with Gasteiger partial charge in [-0.15, -0.1) is 0 Å². The van der Waals surface area contributed by atoms with Crippen LogP contribution >= 0.6 is 0 Å². The van der Waals surface area contributed by atoms with Gasteiger partial charge in [-0.1, -0.05) is 12.1 Å². The van der Waals surface area contributed by atoms with Gasteiger partial charge in [0.1, 0.15) is 5.82 Å². The SMILES string of the molecule is CN(CCCC1CC(c2ccc(F)cc2)NN1)C(=O)c1ccc(N2CCCS2(=O)=O)cc1. The molecule has 0 aromatic heterocycles. The largest absolute Gasteiger partial charge is 0.342 e. The third-order valence-electron chi connectivity index (χ3n) is 6.15. The van der Waals surface area contributed by atoms with Gasteiger partial charge in [0, 0.05) is 37.8 Å². The fraction of sp³-hybridized carbons (Fsp3) is 0.435. The molecule has 4 rings (SSSR count). The molecule has 2 unspecified atom stereocenters. The lowest BCUT2D eigenvalue weighted by Gasteiger charge is -2.20. The minimum atomic E-state index is -3.22. The third kappa shape index (κ3) is 5.11. The molecule has 2 heterocycles. The van der Waals surface area contributed by atoms with Crippen LogP contribution in [0.25, 0.3) is 0 Å². The van der Waals surface area contributed by atoms with Crippen molar-refractivity contribution >= 4 is 21.6 Å². The summed E-state index contributed by atoms with van der Waals surface area (Å²) in [5.74, 6) is -0.144. The van der Waals surface area contributed by atoms with Crippen molar-refractivity contribution in [3.05, 3.63) is 65.5 Å². The normalized spacial score (nSPS) is 22.2. The molecule has 172 valence electrons. The summed E-state index contributed by atoms with van der Waals surface area (Å²) in [6, 6.07) is 13.8. The minimum Gasteiger partial charge on any atom is -0.342 e. The van der Waals surface area contributed by atoms with E-state index in [4.69, 9.17) is 0 Å². The number of nitrogens with zero attached hydrogens (tertiary/aromatic N) is 2. The van der Waals surface area contributed by atoms with Crippen molar-refractivity contribution in [2.24, 2.45) is 0 Å². The van der Waals surface area contributed by atoms with Crippen LogP contribution < -0.4 is 15.2 Å². The highest BCUT2D eigenvalue weighted by atomic mass is 32.2. The number of hydrazine groups is 1. The summed E-state index contributed by atoms with van der Waals surface area (Å²) in [5.41, 5.74) is 8.77. The fourth-order valence-corrected chi connectivity index (χ4v) is 5.89. The zero-order chi connectivity index (χ0) is 22.7. The molecule has 2 atom stereocenters. The van der Waals surface area contributed by atoms with Crippen LogP contribution in [0.5, 0.6) is 0 Å². The Balaban J connectivity index is 1.24. The van der Waals surface area contributed by atoms with Gasteiger partial charge in [-0.05, 0) is 67.6 Å². The van der Waals surface area contributed by atoms with Crippen molar-refractivity contribution < 1.29 is 17.6 Å². The second-order valence-corrected chi connectivity index (χ2v) is 10.5. The quantitative estimate of drug-likeness (QED) is 0.664. The van der Waals surface area contributed by atoms with E-state index in [1.54, 1.807) is 48.3 Å². The van der Waals surface area contributed by atoms with Gasteiger partial charge < -0.3 is 4.90 Å². The molecule has 1 amide bonds. The summed E-state index contributed by atoms with van der Waals surface area (Å²) in [7, 11) is -1.44. The molecule has 32 heavy (non-hydrogen) atoms. The maximum Gasteiger partial charge on any atom is 0.253 e. The minimum absolute atomic E-state index is 0.0810. The number of rotatable bonds is 7. The predicted octanol–water partition coefficient (Wildman–Crippen LogP) is 2.83. The van der Waals surface area contributed by atoms with Crippen LogP contribution in [0.2, 0.25) is 0 Å². The van der Waals surface area contributed by atoms with Gasteiger partial charge in [0.25, 0.3) is 5.91 Å². The summed E-state index contributed by atoms with van der Waals surface area (Å²) in [6.45, 7) is 1.11. The average molecular weight is 461 g/mol. The van der Waals surface area contributed by atoms with Gasteiger partial charge in [-0.3, -0.25) is 20.0 Å². The Kier molecular flexibility index (Phi) is 6.78. The fourth-order valence-electron chi connectivity index (χ4n) is 4.32. The summed E-state index contributed by atoms with van der Waals surface area (Å²) >= 11 is 0. The van der Waals surface area contributed by atoms with E-state index < -0.39 is 10.0 Å². The number of benzene rings is 2. The Bertz CT molecular complexity index is 1040. The lowest BCUT2D eigenvalue weighted by Crippen LogP contribution is -2.32. The van der Waals surface area contributed by atoms with E-state index in [0.29, 0.717) is 30.8 Å². The Morgan fingerprint density at radius 1 is 1.12 bits per heavy atom. The monoisotopic (exact) mass is 460 g/mol. The maximum atomic E-state index is 13.1. The van der Waals surface area contributed by atoms with Gasteiger partial charge in [0.2, 0.25) is 10.0 Å². The van der Waals surface area contributed by atoms with Crippen molar-refractivity contribution in [2.45, 2.75) is 37.8 Å². The highest BCUT2D eigenvalue weighted by molar-refractivity contribution is 7.93. The molecule has 0 radical (unpaired) electrons. The van der Waals surface area contributed by atoms with Crippen molar-refractivity contribution in [2.75, 3.05) is 30.2 Å². The first-order chi connectivity index (χ1) is 15.3. The van der Waals surface area contributed by atoms with Gasteiger partial charge in [-0.25, -0.2) is 12.8 Å². The number of nitrogens with one attached hydrogen (secondary N) is 2. The summed E-state index contributed by atoms with van der Waals surface area (Å²) in [6.07, 6.45) is 3.29. The molecule has 0 saturated carbocycles. The zero-order valence-electron chi connectivity index (χ0n) is 18.1. The molecule has 2 aliphatic heterocycles. The summed E-state index contributed by atoms with van der Waals surface area (Å²) in [5, 5.41) is 0. The maximum absolute atomic E-state index is 13.1. The number of anilines is 1. The first-order valence-electron chi connectivity index (χ1n) is 11.0. The number of sulfonamides is 1. The van der Waals surface area contributed by atoms with Crippen LogP contribution in [0, 0.1) is 5.82 Å². The van der Waals surface area contributed by atoms with Gasteiger partial charge >= 0.3 is 0 Å². The predicted molar refractivity (Wildman–Crippen MR) is 122 cm³/mol. The first kappa shape index (κ1) is 22.7. The molecule has 7 nitrogen and oxygen atoms in total. The number of hydrogen-bond acceptors (Lipinski definition) is 5. The molecule has 2 N–H and O–H groups in total. The molecule has 2 fully saturated rings. The van der Waals surface area contributed by atoms with Crippen LogP contribution in [0.3, 0.4) is 0 Å². The van der Waals surface area contributed by atoms with Crippen LogP contribution in [0.1, 0.15) is 47.6 Å². The summed E-state index contributed by atoms with van der Waals surface area (Å²) in [4.78, 5) is 14.4. The van der Waals surface area contributed by atoms with Crippen LogP contribution in [-0.4, -0.2) is 51.2 Å². The Hall–Kier alpha value is -2.49. The molecular formula is C23H29FN4O3S. The van der Waals surface area contributed by atoms with E-state index in [1.807, 2.05) is 0 Å². The second-order valence-electron chi connectivity index (χ2n) is 8.48. The zero-order valence-corrected chi connectivity index (χ0v) is 18.9. The number of carbonyl (C=O) groups is 1. The Labute approximate surface area is 188 Å². The lowest BCUT2D eigenvalue weighted by molar-refractivity contribution is 0.0791. The van der Waals surface area contributed by atoms with E-state index in [2.05, 4.69) is 10.9 Å². The third-order valence-corrected chi connectivity index (χ3v) is 8.02. The highest BCUT2D eigenvalue weighted by Gasteiger charge is 2.28. The average Bonchev–Trinajstić information content (AvgIpc) is 3.39. The Morgan fingerprint density at radius 3 is 2.50 bits per heavy atom. The highest BCUT2D eigenvalue weighted by Crippen LogP contribution is 2.25. The van der Waals surface area contributed by atoms with Crippen molar-refractivity contribution in [3.8, 4) is 0 Å². The van der Waals surface area contributed by atoms with E-state index in [0.717, 1.165) is 24.8 Å². The molecular weight excluding hydrogens is 431 g/mol. The number of amides is 1. The van der Waals surface area contributed by atoms with Crippen LogP contribution in [-0.2, 0) is 10.0 Å². The molecule has 0 spiro atoms. The van der Waals surface area contributed by atoms with Crippen LogP contribution in [0.4, 0.5) is 10.1 Å². The molecule has 2 aliphatic rings. The van der Waals surface area contributed by atoms with Crippen LogP contribution in [0.15, 0.2) is 48.5 Å². The van der Waals surface area contributed by atoms with Crippen molar-refractivity contribution in [1.29, 1.82) is 0 Å². The molecule has 9 heteroatoms. The standard InChI is InChI=1S/C23H29FN4O3S/c1-27(13-2-4-20-16-22(26-25-20)17-5-9-19(24)10-6-17)23(29)18-7-11-21(12-8-18)28-14-3-15-32(28,30)31/h5-12,20,22,25-26H,2-4,13-16H2,1H3. The number of hydrogen-bond donors (Lipinski definition) is 2. The molecule has 0 bridgehead atoms. The molecule has 2 saturated heterocycles. The van der Waals surface area contributed by atoms with Crippen molar-refractivity contribution in [3.63, 3.8) is 0 Å². The van der Waals surface area contributed by atoms with E-state index in [9.17, 15) is 17.6 Å². The first-order valence-corrected chi connectivity index (χ1v) is 12.6. The smallest absolute Gasteiger partial charge is 0.253 e. The van der Waals surface area contributed by atoms with E-state index in [1.165, 1.54) is 16.4 Å². The second kappa shape index (κ2) is 9.56. The van der Waals surface area contributed by atoms with E-state index >= 15 is 0 Å². The number of carbonyl (C=O) groups excluding carboxylic acids is 1. The lowest BCUT2D eigenvalue weighted by atomic mass is 9.99. The Morgan fingerprint density at radius 2 is 1.84 bits per heavy atom. The topological polar surface area (TPSA) is 81.8 Å². The van der Waals surface area contributed by atoms with E-state index in [-0.39, 0.29) is 29.6 Å². The molecule has 2 aromatic rings. The van der Waals surface area contributed by atoms with Crippen molar-refractivity contribution in [1.82, 2.24) is 15.8 Å². The molecule has 0 aliphatic carbocycles. The number of halogens is 1. The van der Waals surface area contributed by atoms with Gasteiger partial charge in [0.05, 0.1) is 11.4 Å². The van der Waals surface area contributed by atoms with Gasteiger partial charge in [-0.2, -0.15) is 0 Å². The van der Waals surface area contributed by atoms with Gasteiger partial charge in [0.15, 0.2) is 0 Å². The molecule has 2 aromatic carbocycles. The summed E-state index contributed by atoms with van der Waals surface area (Å²) < 4.78 is 38.6.